The normalized spacial score (nSPS) is 25.9. The summed E-state index contributed by atoms with van der Waals surface area (Å²) in [6.45, 7) is 5.97. The van der Waals surface area contributed by atoms with Gasteiger partial charge in [-0.3, -0.25) is 14.5 Å². The van der Waals surface area contributed by atoms with Crippen LogP contribution in [0.1, 0.15) is 27.3 Å². The van der Waals surface area contributed by atoms with Gasteiger partial charge in [-0.1, -0.05) is 5.47 Å². The van der Waals surface area contributed by atoms with Crippen molar-refractivity contribution in [3.63, 3.8) is 0 Å². The van der Waals surface area contributed by atoms with Crippen molar-refractivity contribution in [1.29, 1.82) is 0 Å². The third-order valence-corrected chi connectivity index (χ3v) is 6.28. The van der Waals surface area contributed by atoms with Gasteiger partial charge in [0.15, 0.2) is 0 Å². The second-order valence-corrected chi connectivity index (χ2v) is 8.91. The smallest absolute Gasteiger partial charge is 0.256 e. The van der Waals surface area contributed by atoms with Crippen molar-refractivity contribution in [2.75, 3.05) is 45.9 Å². The zero-order valence-corrected chi connectivity index (χ0v) is 19.6. The summed E-state index contributed by atoms with van der Waals surface area (Å²) in [4.78, 5) is 32.9. The number of hydrogen-bond donors (Lipinski definition) is 3. The van der Waals surface area contributed by atoms with E-state index in [1.54, 1.807) is 18.8 Å². The van der Waals surface area contributed by atoms with Crippen LogP contribution in [0, 0.1) is 6.92 Å². The number of ether oxygens (including phenoxy) is 1. The summed E-state index contributed by atoms with van der Waals surface area (Å²) in [5.74, 6) is -0.965. The Bertz CT molecular complexity index is 1080. The second kappa shape index (κ2) is 10.5. The Morgan fingerprint density at radius 1 is 1.24 bits per heavy atom. The number of amides is 2. The van der Waals surface area contributed by atoms with E-state index in [-0.39, 0.29) is 23.9 Å². The van der Waals surface area contributed by atoms with Gasteiger partial charge >= 0.3 is 0 Å². The quantitative estimate of drug-likeness (QED) is 0.430. The lowest BCUT2D eigenvalue weighted by Crippen LogP contribution is -2.47. The molecule has 34 heavy (non-hydrogen) atoms. The largest absolute Gasteiger partial charge is 0.390 e. The summed E-state index contributed by atoms with van der Waals surface area (Å²) in [5, 5.41) is 13.2. The second-order valence-electron chi connectivity index (χ2n) is 8.91. The van der Waals surface area contributed by atoms with Crippen molar-refractivity contribution in [3.8, 4) is 0 Å². The number of hydrogen-bond acceptors (Lipinski definition) is 5. The lowest BCUT2D eigenvalue weighted by molar-refractivity contribution is -0.116. The molecule has 10 heteroatoms. The molecule has 0 radical (unpaired) electrons. The number of halogens is 1. The minimum atomic E-state index is -0.642. The number of aromatic amines is 1. The zero-order chi connectivity index (χ0) is 24.2. The highest BCUT2D eigenvalue weighted by Crippen LogP contribution is 2.27. The van der Waals surface area contributed by atoms with Gasteiger partial charge in [-0.15, -0.1) is 0 Å². The van der Waals surface area contributed by atoms with Crippen LogP contribution in [0.15, 0.2) is 41.3 Å². The molecule has 3 aliphatic heterocycles. The molecular formula is C24H30BFN4O4. The van der Waals surface area contributed by atoms with Crippen LogP contribution < -0.4 is 5.32 Å². The highest BCUT2D eigenvalue weighted by molar-refractivity contribution is 6.23. The molecule has 0 aliphatic carbocycles. The molecule has 1 saturated heterocycles. The molecule has 0 saturated carbocycles. The molecule has 8 nitrogen and oxygen atoms in total. The molecule has 3 N–H and O–H groups in total. The van der Waals surface area contributed by atoms with Crippen LogP contribution in [-0.2, 0) is 16.0 Å². The van der Waals surface area contributed by atoms with E-state index >= 15 is 0 Å². The summed E-state index contributed by atoms with van der Waals surface area (Å²) in [6.07, 6.45) is 7.07. The maximum atomic E-state index is 14.0. The number of morpholine rings is 1. The van der Waals surface area contributed by atoms with Crippen LogP contribution in [0.5, 0.6) is 0 Å². The number of carbonyl (C=O) groups is 2. The molecule has 2 amide bonds. The molecule has 1 aromatic heterocycles. The minimum Gasteiger partial charge on any atom is -0.390 e. The van der Waals surface area contributed by atoms with Gasteiger partial charge < -0.3 is 25.0 Å². The van der Waals surface area contributed by atoms with Crippen molar-refractivity contribution >= 4 is 25.7 Å². The van der Waals surface area contributed by atoms with Crippen LogP contribution in [-0.4, -0.2) is 91.6 Å². The van der Waals surface area contributed by atoms with Crippen LogP contribution in [0.3, 0.4) is 0 Å². The number of aliphatic hydroxyl groups is 1. The summed E-state index contributed by atoms with van der Waals surface area (Å²) < 4.78 is 19.3. The SMILES string of the molecule is BC1=C\NC(=O)C(=C\c2[nH]c3c(c2C)C(=O)N(C[C@@H](O)CN2CCOCC2)CC3)/C=C/C(F)=C\1. The van der Waals surface area contributed by atoms with E-state index in [9.17, 15) is 19.1 Å². The van der Waals surface area contributed by atoms with Gasteiger partial charge in [0.1, 0.15) is 13.7 Å². The molecule has 1 aromatic rings. The fourth-order valence-electron chi connectivity index (χ4n) is 4.46. The van der Waals surface area contributed by atoms with Gasteiger partial charge in [-0.05, 0) is 43.0 Å². The Morgan fingerprint density at radius 3 is 2.76 bits per heavy atom. The van der Waals surface area contributed by atoms with Crippen LogP contribution in [0.2, 0.25) is 0 Å². The summed E-state index contributed by atoms with van der Waals surface area (Å²) in [7, 11) is 1.70. The first-order valence-corrected chi connectivity index (χ1v) is 11.6. The first-order chi connectivity index (χ1) is 16.3. The van der Waals surface area contributed by atoms with Crippen molar-refractivity contribution in [2.45, 2.75) is 19.4 Å². The van der Waals surface area contributed by atoms with E-state index in [4.69, 9.17) is 4.74 Å². The minimum absolute atomic E-state index is 0.136. The highest BCUT2D eigenvalue weighted by atomic mass is 19.1. The number of rotatable bonds is 5. The van der Waals surface area contributed by atoms with Crippen LogP contribution in [0.25, 0.3) is 6.08 Å². The predicted molar refractivity (Wildman–Crippen MR) is 129 cm³/mol. The van der Waals surface area contributed by atoms with Gasteiger partial charge in [-0.2, -0.15) is 0 Å². The number of β-amino-alcohol motifs (C(OH)–C–C–N with tert-alkyl or cyclic N) is 1. The van der Waals surface area contributed by atoms with Gasteiger partial charge in [0.05, 0.1) is 24.9 Å². The third-order valence-electron chi connectivity index (χ3n) is 6.28. The highest BCUT2D eigenvalue weighted by Gasteiger charge is 2.30. The lowest BCUT2D eigenvalue weighted by atomic mass is 9.96. The summed E-state index contributed by atoms with van der Waals surface area (Å²) in [6, 6.07) is 0. The molecule has 1 fully saturated rings. The van der Waals surface area contributed by atoms with E-state index < -0.39 is 11.9 Å². The molecule has 0 aromatic carbocycles. The van der Waals surface area contributed by atoms with Crippen molar-refractivity contribution < 1.29 is 23.8 Å². The fraction of sp³-hybridized carbons (Fsp3) is 0.417. The number of aromatic nitrogens is 1. The number of nitrogens with one attached hydrogen (secondary N) is 2. The Hall–Kier alpha value is -2.95. The van der Waals surface area contributed by atoms with Gasteiger partial charge in [0.25, 0.3) is 11.8 Å². The maximum Gasteiger partial charge on any atom is 0.256 e. The number of fused-ring (bicyclic) bond motifs is 1. The van der Waals surface area contributed by atoms with E-state index in [1.807, 2.05) is 6.92 Å². The maximum absolute atomic E-state index is 14.0. The molecular weight excluding hydrogens is 438 g/mol. The molecule has 4 rings (SSSR count). The van der Waals surface area contributed by atoms with E-state index in [2.05, 4.69) is 15.2 Å². The third kappa shape index (κ3) is 5.57. The summed E-state index contributed by atoms with van der Waals surface area (Å²) >= 11 is 0. The van der Waals surface area contributed by atoms with E-state index in [0.29, 0.717) is 49.5 Å². The number of aliphatic hydroxyl groups excluding tert-OH is 1. The number of carbonyl (C=O) groups excluding carboxylic acids is 2. The topological polar surface area (TPSA) is 97.9 Å². The van der Waals surface area contributed by atoms with Gasteiger partial charge in [0, 0.05) is 56.1 Å². The summed E-state index contributed by atoms with van der Waals surface area (Å²) in [5.41, 5.74) is 3.59. The molecule has 0 spiro atoms. The predicted octanol–water partition coefficient (Wildman–Crippen LogP) is 0.412. The molecule has 0 bridgehead atoms. The standard InChI is InChI=1S/C24H30BFN4O4/c1-15-21(10-16-2-3-18(26)11-17(25)12-27-23(16)32)28-20-4-5-30(24(33)22(15)20)14-19(31)13-29-6-8-34-9-7-29/h2-3,10-12,19,28,31H,4-9,13-14,25H2,1H3,(H,27,32)/b3-2+,16-10-,17-12-,18-11+/t19-/m0/s1. The fourth-order valence-corrected chi connectivity index (χ4v) is 4.46. The number of H-pyrrole nitrogens is 1. The number of allylic oxidation sites excluding steroid dienone is 4. The average Bonchev–Trinajstić information content (AvgIpc) is 3.14. The van der Waals surface area contributed by atoms with Crippen molar-refractivity contribution in [2.24, 2.45) is 0 Å². The van der Waals surface area contributed by atoms with Gasteiger partial charge in [-0.25, -0.2) is 4.39 Å². The number of nitrogens with zero attached hydrogens (tertiary/aromatic N) is 2. The Morgan fingerprint density at radius 2 is 2.00 bits per heavy atom. The van der Waals surface area contributed by atoms with Crippen molar-refractivity contribution in [1.82, 2.24) is 20.1 Å². The van der Waals surface area contributed by atoms with E-state index in [0.717, 1.165) is 24.3 Å². The monoisotopic (exact) mass is 468 g/mol. The lowest BCUT2D eigenvalue weighted by Gasteiger charge is -2.32. The Balaban J connectivity index is 1.51. The zero-order valence-electron chi connectivity index (χ0n) is 19.6. The molecule has 4 heterocycles. The van der Waals surface area contributed by atoms with Crippen molar-refractivity contribution in [3.05, 3.63) is 63.8 Å². The van der Waals surface area contributed by atoms with Crippen LogP contribution >= 0.6 is 0 Å². The van der Waals surface area contributed by atoms with Crippen LogP contribution in [0.4, 0.5) is 4.39 Å². The Labute approximate surface area is 199 Å². The first kappa shape index (κ1) is 24.2. The molecule has 0 unspecified atom stereocenters. The molecule has 3 aliphatic rings. The van der Waals surface area contributed by atoms with Gasteiger partial charge in [0.2, 0.25) is 0 Å². The van der Waals surface area contributed by atoms with E-state index in [1.165, 1.54) is 24.4 Å². The average molecular weight is 468 g/mol. The first-order valence-electron chi connectivity index (χ1n) is 11.6. The molecule has 1 atom stereocenters. The molecule has 180 valence electrons. The Kier molecular flexibility index (Phi) is 7.50.